The van der Waals surface area contributed by atoms with Crippen LogP contribution < -0.4 is 10.1 Å². The van der Waals surface area contributed by atoms with E-state index in [1.807, 2.05) is 19.1 Å². The molecule has 0 atom stereocenters. The summed E-state index contributed by atoms with van der Waals surface area (Å²) in [6.07, 6.45) is 0. The third kappa shape index (κ3) is 3.78. The number of aryl methyl sites for hydroxylation is 1. The van der Waals surface area contributed by atoms with Crippen molar-refractivity contribution in [3.8, 4) is 5.75 Å². The zero-order valence-electron chi connectivity index (χ0n) is 12.0. The van der Waals surface area contributed by atoms with Crippen LogP contribution in [0.1, 0.15) is 15.9 Å². The van der Waals surface area contributed by atoms with Gasteiger partial charge in [-0.25, -0.2) is 8.42 Å². The van der Waals surface area contributed by atoms with E-state index in [0.717, 1.165) is 5.56 Å². The lowest BCUT2D eigenvalue weighted by Crippen LogP contribution is -2.13. The van der Waals surface area contributed by atoms with Crippen molar-refractivity contribution in [2.24, 2.45) is 0 Å². The molecule has 2 aromatic carbocycles. The Morgan fingerprint density at radius 1 is 1.14 bits per heavy atom. The number of rotatable bonds is 4. The summed E-state index contributed by atoms with van der Waals surface area (Å²) in [4.78, 5) is 12.2. The smallest absolute Gasteiger partial charge is 0.261 e. The van der Waals surface area contributed by atoms with Gasteiger partial charge in [-0.2, -0.15) is 0 Å². The van der Waals surface area contributed by atoms with E-state index in [2.05, 4.69) is 5.32 Å². The quantitative estimate of drug-likeness (QED) is 0.868. The number of nitrogens with one attached hydrogen (secondary N) is 1. The summed E-state index contributed by atoms with van der Waals surface area (Å²) >= 11 is 0. The molecule has 0 unspecified atom stereocenters. The minimum atomic E-state index is -3.93. The lowest BCUT2D eigenvalue weighted by molar-refractivity contribution is 0.102. The third-order valence-electron chi connectivity index (χ3n) is 3.01. The highest BCUT2D eigenvalue weighted by atomic mass is 35.7. The summed E-state index contributed by atoms with van der Waals surface area (Å²) < 4.78 is 27.9. The molecule has 0 radical (unpaired) electrons. The highest BCUT2D eigenvalue weighted by Crippen LogP contribution is 2.25. The van der Waals surface area contributed by atoms with Gasteiger partial charge >= 0.3 is 0 Å². The van der Waals surface area contributed by atoms with Gasteiger partial charge in [0.05, 0.1) is 17.6 Å². The minimum absolute atomic E-state index is 0.0878. The van der Waals surface area contributed by atoms with Crippen LogP contribution in [-0.4, -0.2) is 21.4 Å². The molecule has 22 heavy (non-hydrogen) atoms. The van der Waals surface area contributed by atoms with E-state index in [0.29, 0.717) is 5.69 Å². The fourth-order valence-electron chi connectivity index (χ4n) is 1.85. The number of carbonyl (C=O) groups is 1. The topological polar surface area (TPSA) is 72.5 Å². The molecule has 0 aromatic heterocycles. The van der Waals surface area contributed by atoms with Gasteiger partial charge in [0.15, 0.2) is 0 Å². The van der Waals surface area contributed by atoms with Gasteiger partial charge in [-0.1, -0.05) is 17.7 Å². The Morgan fingerprint density at radius 2 is 1.77 bits per heavy atom. The van der Waals surface area contributed by atoms with E-state index < -0.39 is 15.0 Å². The highest BCUT2D eigenvalue weighted by molar-refractivity contribution is 8.13. The average molecular weight is 340 g/mol. The Balaban J connectivity index is 2.37. The summed E-state index contributed by atoms with van der Waals surface area (Å²) in [6, 6.07) is 11.1. The number of halogens is 1. The van der Waals surface area contributed by atoms with E-state index in [1.54, 1.807) is 12.1 Å². The van der Waals surface area contributed by atoms with Crippen LogP contribution in [0.5, 0.6) is 5.75 Å². The molecule has 0 aliphatic rings. The first-order valence-corrected chi connectivity index (χ1v) is 8.63. The number of ether oxygens (including phenoxy) is 1. The van der Waals surface area contributed by atoms with Crippen LogP contribution in [0, 0.1) is 6.92 Å². The van der Waals surface area contributed by atoms with Crippen LogP contribution in [0.25, 0.3) is 0 Å². The van der Waals surface area contributed by atoms with Gasteiger partial charge < -0.3 is 10.1 Å². The van der Waals surface area contributed by atoms with Crippen molar-refractivity contribution in [3.63, 3.8) is 0 Å². The fraction of sp³-hybridized carbons (Fsp3) is 0.133. The van der Waals surface area contributed by atoms with E-state index in [-0.39, 0.29) is 16.2 Å². The first-order chi connectivity index (χ1) is 10.3. The molecule has 0 saturated carbocycles. The molecule has 1 N–H and O–H groups in total. The Hall–Kier alpha value is -2.05. The molecule has 7 heteroatoms. The number of benzene rings is 2. The maximum atomic E-state index is 12.3. The van der Waals surface area contributed by atoms with Crippen molar-refractivity contribution in [1.82, 2.24) is 0 Å². The molecule has 0 heterocycles. The molecular weight excluding hydrogens is 326 g/mol. The van der Waals surface area contributed by atoms with Crippen LogP contribution in [0.4, 0.5) is 5.69 Å². The molecule has 5 nitrogen and oxygen atoms in total. The van der Waals surface area contributed by atoms with Crippen molar-refractivity contribution < 1.29 is 17.9 Å². The van der Waals surface area contributed by atoms with Gasteiger partial charge in [-0.3, -0.25) is 4.79 Å². The minimum Gasteiger partial charge on any atom is -0.496 e. The van der Waals surface area contributed by atoms with Gasteiger partial charge in [-0.15, -0.1) is 0 Å². The summed E-state index contributed by atoms with van der Waals surface area (Å²) in [6.45, 7) is 1.93. The van der Waals surface area contributed by atoms with Gasteiger partial charge in [0.1, 0.15) is 5.75 Å². The summed E-state index contributed by atoms with van der Waals surface area (Å²) in [5.74, 6) is -0.225. The van der Waals surface area contributed by atoms with Crippen molar-refractivity contribution >= 4 is 31.3 Å². The van der Waals surface area contributed by atoms with Crippen LogP contribution in [0.3, 0.4) is 0 Å². The maximum Gasteiger partial charge on any atom is 0.261 e. The van der Waals surface area contributed by atoms with E-state index >= 15 is 0 Å². The number of hydrogen-bond acceptors (Lipinski definition) is 4. The van der Waals surface area contributed by atoms with Crippen molar-refractivity contribution in [2.75, 3.05) is 12.4 Å². The second kappa shape index (κ2) is 6.37. The van der Waals surface area contributed by atoms with Crippen molar-refractivity contribution in [2.45, 2.75) is 11.8 Å². The van der Waals surface area contributed by atoms with Crippen LogP contribution in [0.15, 0.2) is 47.4 Å². The number of anilines is 1. The second-order valence-electron chi connectivity index (χ2n) is 4.62. The van der Waals surface area contributed by atoms with Gasteiger partial charge in [-0.05, 0) is 37.3 Å². The normalized spacial score (nSPS) is 11.0. The fourth-order valence-corrected chi connectivity index (χ4v) is 2.63. The molecule has 0 saturated heterocycles. The van der Waals surface area contributed by atoms with E-state index in [9.17, 15) is 13.2 Å². The molecule has 0 fully saturated rings. The van der Waals surface area contributed by atoms with E-state index in [4.69, 9.17) is 15.4 Å². The lowest BCUT2D eigenvalue weighted by Gasteiger charge is -2.10. The van der Waals surface area contributed by atoms with Crippen LogP contribution in [0.2, 0.25) is 0 Å². The van der Waals surface area contributed by atoms with Gasteiger partial charge in [0.2, 0.25) is 0 Å². The predicted octanol–water partition coefficient (Wildman–Crippen LogP) is 3.18. The summed E-state index contributed by atoms with van der Waals surface area (Å²) in [7, 11) is 2.78. The standard InChI is InChI=1S/C15H14ClNO4S/c1-10-3-5-11(6-4-10)17-15(18)13-9-12(22(16,19)20)7-8-14(13)21-2/h3-9H,1-2H3,(H,17,18). The predicted molar refractivity (Wildman–Crippen MR) is 85.2 cm³/mol. The number of hydrogen-bond donors (Lipinski definition) is 1. The first-order valence-electron chi connectivity index (χ1n) is 6.32. The van der Waals surface area contributed by atoms with Crippen molar-refractivity contribution in [1.29, 1.82) is 0 Å². The Bertz CT molecular complexity index is 801. The summed E-state index contributed by atoms with van der Waals surface area (Å²) in [5.41, 5.74) is 1.74. The molecule has 1 amide bonds. The molecular formula is C15H14ClNO4S. The molecule has 0 spiro atoms. The number of amides is 1. The molecule has 0 aliphatic heterocycles. The third-order valence-corrected chi connectivity index (χ3v) is 4.36. The molecule has 2 aromatic rings. The highest BCUT2D eigenvalue weighted by Gasteiger charge is 2.18. The number of methoxy groups -OCH3 is 1. The Kier molecular flexibility index (Phi) is 4.73. The van der Waals surface area contributed by atoms with Gasteiger partial charge in [0, 0.05) is 16.4 Å². The zero-order valence-corrected chi connectivity index (χ0v) is 13.5. The first kappa shape index (κ1) is 16.3. The van der Waals surface area contributed by atoms with E-state index in [1.165, 1.54) is 25.3 Å². The Morgan fingerprint density at radius 3 is 2.32 bits per heavy atom. The van der Waals surface area contributed by atoms with Crippen LogP contribution >= 0.6 is 10.7 Å². The molecule has 116 valence electrons. The number of carbonyl (C=O) groups excluding carboxylic acids is 1. The maximum absolute atomic E-state index is 12.3. The summed E-state index contributed by atoms with van der Waals surface area (Å²) in [5, 5.41) is 2.68. The SMILES string of the molecule is COc1ccc(S(=O)(=O)Cl)cc1C(=O)Nc1ccc(C)cc1. The largest absolute Gasteiger partial charge is 0.496 e. The second-order valence-corrected chi connectivity index (χ2v) is 7.19. The van der Waals surface area contributed by atoms with Gasteiger partial charge in [0.25, 0.3) is 15.0 Å². The Labute approximate surface area is 133 Å². The lowest BCUT2D eigenvalue weighted by atomic mass is 10.1. The zero-order chi connectivity index (χ0) is 16.3. The molecule has 0 bridgehead atoms. The molecule has 2 rings (SSSR count). The van der Waals surface area contributed by atoms with Crippen LogP contribution in [-0.2, 0) is 9.05 Å². The average Bonchev–Trinajstić information content (AvgIpc) is 2.48. The van der Waals surface area contributed by atoms with Crippen molar-refractivity contribution in [3.05, 3.63) is 53.6 Å². The monoisotopic (exact) mass is 339 g/mol. The molecule has 0 aliphatic carbocycles.